The van der Waals surface area contributed by atoms with Gasteiger partial charge in [0.2, 0.25) is 0 Å². The van der Waals surface area contributed by atoms with Gasteiger partial charge in [-0.05, 0) is 47.5 Å². The van der Waals surface area contributed by atoms with Gasteiger partial charge in [-0.1, -0.05) is 35.9 Å². The van der Waals surface area contributed by atoms with Crippen molar-refractivity contribution < 1.29 is 4.39 Å². The van der Waals surface area contributed by atoms with Crippen LogP contribution in [0.2, 0.25) is 5.02 Å². The van der Waals surface area contributed by atoms with E-state index >= 15 is 4.39 Å². The highest BCUT2D eigenvalue weighted by Gasteiger charge is 2.17. The van der Waals surface area contributed by atoms with Crippen LogP contribution in [0.25, 0.3) is 22.2 Å². The summed E-state index contributed by atoms with van der Waals surface area (Å²) in [6, 6.07) is 20.3. The number of benzene rings is 2. The van der Waals surface area contributed by atoms with Crippen molar-refractivity contribution in [2.24, 2.45) is 14.1 Å². The Morgan fingerprint density at radius 1 is 1.06 bits per heavy atom. The number of pyridine rings is 2. The Morgan fingerprint density at radius 3 is 2.46 bits per heavy atom. The van der Waals surface area contributed by atoms with Crippen molar-refractivity contribution >= 4 is 22.6 Å². The number of halogens is 2. The fourth-order valence-corrected chi connectivity index (χ4v) is 3.71. The van der Waals surface area contributed by atoms with Gasteiger partial charge >= 0.3 is 0 Å². The van der Waals surface area contributed by atoms with Gasteiger partial charge in [-0.3, -0.25) is 4.79 Å². The normalized spacial score (nSPS) is 11.4. The smallest absolute Gasteiger partial charge is 0.251 e. The molecule has 5 aromatic rings. The highest BCUT2D eigenvalue weighted by atomic mass is 35.5. The molecule has 6 nitrogen and oxygen atoms in total. The quantitative estimate of drug-likeness (QED) is 0.333. The Bertz CT molecular complexity index is 1570. The van der Waals surface area contributed by atoms with Crippen molar-refractivity contribution in [3.63, 3.8) is 0 Å². The minimum Gasteiger partial charge on any atom is -0.341 e. The number of imidazole rings is 1. The summed E-state index contributed by atoms with van der Waals surface area (Å²) in [5.74, 6) is 0. The summed E-state index contributed by atoms with van der Waals surface area (Å²) in [6.45, 7) is 0. The molecule has 0 aliphatic carbocycles. The molecule has 0 radical (unpaired) electrons. The molecule has 3 aromatic heterocycles. The topological polar surface area (TPSA) is 76.5 Å². The Morgan fingerprint density at radius 2 is 1.83 bits per heavy atom. The van der Waals surface area contributed by atoms with E-state index in [9.17, 15) is 10.1 Å². The number of fused-ring (bicyclic) bond motifs is 1. The summed E-state index contributed by atoms with van der Waals surface area (Å²) >= 11 is 5.89. The van der Waals surface area contributed by atoms with E-state index in [1.165, 1.54) is 10.6 Å². The zero-order chi connectivity index (χ0) is 24.9. The SMILES string of the molecule is Cn1c(=O)cc(-c2cccc(C#N)c2)c2nc(C(F)c3ccc(Cl)cc3)ccc21.Cn1ccnc1. The predicted molar refractivity (Wildman–Crippen MR) is 135 cm³/mol. The first-order valence-corrected chi connectivity index (χ1v) is 11.1. The Labute approximate surface area is 206 Å². The molecule has 0 fully saturated rings. The molecule has 0 aliphatic rings. The lowest BCUT2D eigenvalue weighted by Gasteiger charge is -2.13. The van der Waals surface area contributed by atoms with Crippen LogP contribution < -0.4 is 5.56 Å². The minimum absolute atomic E-state index is 0.209. The number of hydrogen-bond donors (Lipinski definition) is 0. The van der Waals surface area contributed by atoms with E-state index in [0.29, 0.717) is 38.3 Å². The first-order chi connectivity index (χ1) is 16.9. The molecule has 3 heterocycles. The van der Waals surface area contributed by atoms with E-state index in [4.69, 9.17) is 11.6 Å². The van der Waals surface area contributed by atoms with Crippen LogP contribution in [0, 0.1) is 11.3 Å². The number of aromatic nitrogens is 4. The summed E-state index contributed by atoms with van der Waals surface area (Å²) in [4.78, 5) is 20.8. The maximum atomic E-state index is 15.1. The lowest BCUT2D eigenvalue weighted by molar-refractivity contribution is 0.394. The van der Waals surface area contributed by atoms with E-state index in [1.807, 2.05) is 17.8 Å². The minimum atomic E-state index is -1.44. The van der Waals surface area contributed by atoms with Gasteiger partial charge < -0.3 is 9.13 Å². The molecule has 5 rings (SSSR count). The molecule has 1 unspecified atom stereocenters. The van der Waals surface area contributed by atoms with Crippen LogP contribution in [-0.2, 0) is 14.1 Å². The first-order valence-electron chi connectivity index (χ1n) is 10.7. The van der Waals surface area contributed by atoms with Crippen molar-refractivity contribution in [3.05, 3.63) is 118 Å². The van der Waals surface area contributed by atoms with Crippen molar-refractivity contribution in [2.45, 2.75) is 6.17 Å². The molecular formula is C27H21ClFN5O. The van der Waals surface area contributed by atoms with Crippen molar-refractivity contribution in [3.8, 4) is 17.2 Å². The van der Waals surface area contributed by atoms with Crippen LogP contribution in [0.1, 0.15) is 23.0 Å². The van der Waals surface area contributed by atoms with Crippen LogP contribution in [0.5, 0.6) is 0 Å². The number of nitriles is 1. The molecule has 2 aromatic carbocycles. The van der Waals surface area contributed by atoms with E-state index in [0.717, 1.165) is 0 Å². The van der Waals surface area contributed by atoms with Crippen LogP contribution in [0.3, 0.4) is 0 Å². The second-order valence-electron chi connectivity index (χ2n) is 7.89. The van der Waals surface area contributed by atoms with Gasteiger partial charge in [-0.15, -0.1) is 0 Å². The fourth-order valence-electron chi connectivity index (χ4n) is 3.59. The van der Waals surface area contributed by atoms with Crippen LogP contribution >= 0.6 is 11.6 Å². The third kappa shape index (κ3) is 5.29. The van der Waals surface area contributed by atoms with Gasteiger partial charge in [0.15, 0.2) is 6.17 Å². The second kappa shape index (κ2) is 10.3. The predicted octanol–water partition coefficient (Wildman–Crippen LogP) is 5.60. The standard InChI is InChI=1S/C23H15ClFN3O.C4H6N2/c1-28-20-10-9-19(22(25)15-5-7-17(24)8-6-15)27-23(20)18(12-21(28)29)16-4-2-3-14(11-16)13-26;1-6-3-2-5-4-6/h2-12,22H,1H3;2-4H,1H3. The van der Waals surface area contributed by atoms with E-state index in [-0.39, 0.29) is 11.3 Å². The van der Waals surface area contributed by atoms with Gasteiger partial charge in [-0.25, -0.2) is 14.4 Å². The maximum Gasteiger partial charge on any atom is 0.251 e. The molecule has 0 saturated carbocycles. The van der Waals surface area contributed by atoms with Crippen LogP contribution in [0.4, 0.5) is 4.39 Å². The van der Waals surface area contributed by atoms with Crippen molar-refractivity contribution in [1.29, 1.82) is 5.26 Å². The lowest BCUT2D eigenvalue weighted by Crippen LogP contribution is -2.17. The Kier molecular flexibility index (Phi) is 7.04. The van der Waals surface area contributed by atoms with Gasteiger partial charge in [0.1, 0.15) is 0 Å². The van der Waals surface area contributed by atoms with Gasteiger partial charge in [0.25, 0.3) is 5.56 Å². The van der Waals surface area contributed by atoms with Gasteiger partial charge in [0.05, 0.1) is 34.7 Å². The average Bonchev–Trinajstić information content (AvgIpc) is 3.37. The Balaban J connectivity index is 0.000000421. The summed E-state index contributed by atoms with van der Waals surface area (Å²) in [7, 11) is 3.58. The summed E-state index contributed by atoms with van der Waals surface area (Å²) in [5.41, 5.74) is 3.26. The van der Waals surface area contributed by atoms with Gasteiger partial charge in [0, 0.05) is 43.1 Å². The molecule has 0 aliphatic heterocycles. The summed E-state index contributed by atoms with van der Waals surface area (Å²) in [6.07, 6.45) is 3.95. The van der Waals surface area contributed by atoms with Crippen molar-refractivity contribution in [2.75, 3.05) is 0 Å². The molecule has 0 saturated heterocycles. The van der Waals surface area contributed by atoms with E-state index < -0.39 is 6.17 Å². The molecule has 1 atom stereocenters. The van der Waals surface area contributed by atoms with E-state index in [2.05, 4.69) is 16.0 Å². The number of nitrogens with zero attached hydrogens (tertiary/aromatic N) is 5. The fraction of sp³-hybridized carbons (Fsp3) is 0.111. The van der Waals surface area contributed by atoms with Crippen LogP contribution in [0.15, 0.2) is 90.2 Å². The molecule has 174 valence electrons. The largest absolute Gasteiger partial charge is 0.341 e. The molecule has 0 bridgehead atoms. The van der Waals surface area contributed by atoms with Crippen molar-refractivity contribution in [1.82, 2.24) is 19.1 Å². The molecule has 8 heteroatoms. The number of hydrogen-bond acceptors (Lipinski definition) is 4. The lowest BCUT2D eigenvalue weighted by atomic mass is 10.0. The first kappa shape index (κ1) is 23.9. The Hall–Kier alpha value is -4.28. The zero-order valence-electron chi connectivity index (χ0n) is 19.1. The molecule has 0 amide bonds. The number of alkyl halides is 1. The average molecular weight is 486 g/mol. The summed E-state index contributed by atoms with van der Waals surface area (Å²) in [5, 5.41) is 9.72. The maximum absolute atomic E-state index is 15.1. The highest BCUT2D eigenvalue weighted by molar-refractivity contribution is 6.30. The third-order valence-electron chi connectivity index (χ3n) is 5.47. The zero-order valence-corrected chi connectivity index (χ0v) is 19.8. The summed E-state index contributed by atoms with van der Waals surface area (Å²) < 4.78 is 18.5. The second-order valence-corrected chi connectivity index (χ2v) is 8.33. The van der Waals surface area contributed by atoms with E-state index in [1.54, 1.807) is 80.2 Å². The van der Waals surface area contributed by atoms with Crippen LogP contribution in [-0.4, -0.2) is 19.1 Å². The molecule has 35 heavy (non-hydrogen) atoms. The monoisotopic (exact) mass is 485 g/mol. The molecule has 0 N–H and O–H groups in total. The molecular weight excluding hydrogens is 465 g/mol. The number of rotatable bonds is 3. The van der Waals surface area contributed by atoms with Gasteiger partial charge in [-0.2, -0.15) is 5.26 Å². The number of aryl methyl sites for hydroxylation is 2. The molecule has 0 spiro atoms. The third-order valence-corrected chi connectivity index (χ3v) is 5.72. The highest BCUT2D eigenvalue weighted by Crippen LogP contribution is 2.31.